The molecule has 0 saturated carbocycles. The van der Waals surface area contributed by atoms with E-state index >= 15 is 0 Å². The molecule has 160 valence electrons. The molecule has 0 unspecified atom stereocenters. The minimum atomic E-state index is 0.00871. The van der Waals surface area contributed by atoms with Crippen molar-refractivity contribution in [2.24, 2.45) is 0 Å². The number of aromatic nitrogens is 1. The van der Waals surface area contributed by atoms with E-state index in [0.717, 1.165) is 22.4 Å². The Labute approximate surface area is 187 Å². The average molecular weight is 437 g/mol. The van der Waals surface area contributed by atoms with Crippen molar-refractivity contribution in [3.8, 4) is 17.0 Å². The highest BCUT2D eigenvalue weighted by atomic mass is 35.5. The van der Waals surface area contributed by atoms with Gasteiger partial charge in [0, 0.05) is 53.5 Å². The number of ether oxygens (including phenoxy) is 1. The Balaban J connectivity index is 1.72. The van der Waals surface area contributed by atoms with Crippen molar-refractivity contribution in [3.63, 3.8) is 0 Å². The highest BCUT2D eigenvalue weighted by molar-refractivity contribution is 6.33. The van der Waals surface area contributed by atoms with Crippen LogP contribution in [-0.2, 0) is 11.2 Å². The number of Topliss-reactive ketones (excluding diaryl/α,β-unsaturated/α-hetero) is 1. The zero-order chi connectivity index (χ0) is 22.4. The zero-order valence-electron chi connectivity index (χ0n) is 17.9. The highest BCUT2D eigenvalue weighted by Gasteiger charge is 2.13. The number of ketones is 1. The molecule has 31 heavy (non-hydrogen) atoms. The predicted molar refractivity (Wildman–Crippen MR) is 124 cm³/mol. The molecule has 0 aliphatic carbocycles. The van der Waals surface area contributed by atoms with Crippen LogP contribution in [0.1, 0.15) is 35.7 Å². The van der Waals surface area contributed by atoms with Gasteiger partial charge >= 0.3 is 0 Å². The number of aryl methyl sites for hydroxylation is 1. The molecule has 0 saturated heterocycles. The molecule has 6 heteroatoms. The molecule has 2 aromatic carbocycles. The summed E-state index contributed by atoms with van der Waals surface area (Å²) >= 11 is 6.50. The Bertz CT molecular complexity index is 1080. The Morgan fingerprint density at radius 2 is 1.84 bits per heavy atom. The molecule has 1 aromatic heterocycles. The number of hydrogen-bond donors (Lipinski definition) is 0. The van der Waals surface area contributed by atoms with Gasteiger partial charge in [-0.2, -0.15) is 0 Å². The second-order valence-electron chi connectivity index (χ2n) is 7.14. The molecule has 3 rings (SSSR count). The van der Waals surface area contributed by atoms with Crippen LogP contribution in [0.3, 0.4) is 0 Å². The van der Waals surface area contributed by atoms with Crippen molar-refractivity contribution in [1.29, 1.82) is 0 Å². The van der Waals surface area contributed by atoms with Gasteiger partial charge in [0.25, 0.3) is 0 Å². The van der Waals surface area contributed by atoms with E-state index in [0.29, 0.717) is 35.7 Å². The molecule has 0 spiro atoms. The summed E-state index contributed by atoms with van der Waals surface area (Å²) in [4.78, 5) is 30.3. The van der Waals surface area contributed by atoms with Crippen LogP contribution in [0.15, 0.2) is 60.8 Å². The van der Waals surface area contributed by atoms with Crippen molar-refractivity contribution in [2.45, 2.75) is 26.2 Å². The van der Waals surface area contributed by atoms with Gasteiger partial charge in [0.2, 0.25) is 11.8 Å². The standard InChI is InChI=1S/C25H25ClN2O3/c1-4-24(30)28(2)20-11-7-17(8-12-20)21-13-9-19(16-22(21)26)23(29)14-10-18-6-5-15-27-25(18)31-3/h5-9,11-13,15-16H,4,10,14H2,1-3H3. The van der Waals surface area contributed by atoms with Gasteiger partial charge in [-0.15, -0.1) is 0 Å². The predicted octanol–water partition coefficient (Wildman–Crippen LogP) is 5.60. The normalized spacial score (nSPS) is 10.6. The number of methoxy groups -OCH3 is 1. The first-order chi connectivity index (χ1) is 14.9. The molecule has 3 aromatic rings. The lowest BCUT2D eigenvalue weighted by molar-refractivity contribution is -0.118. The van der Waals surface area contributed by atoms with E-state index < -0.39 is 0 Å². The number of hydrogen-bond acceptors (Lipinski definition) is 4. The molecule has 1 heterocycles. The van der Waals surface area contributed by atoms with E-state index in [1.54, 1.807) is 37.4 Å². The van der Waals surface area contributed by atoms with Crippen LogP contribution in [0.5, 0.6) is 5.88 Å². The van der Waals surface area contributed by atoms with Gasteiger partial charge in [0.1, 0.15) is 0 Å². The number of benzene rings is 2. The third-order valence-electron chi connectivity index (χ3n) is 5.20. The number of nitrogens with zero attached hydrogens (tertiary/aromatic N) is 2. The summed E-state index contributed by atoms with van der Waals surface area (Å²) < 4.78 is 5.24. The Kier molecular flexibility index (Phi) is 7.42. The molecule has 0 bridgehead atoms. The van der Waals surface area contributed by atoms with Crippen molar-refractivity contribution < 1.29 is 14.3 Å². The number of halogens is 1. The van der Waals surface area contributed by atoms with E-state index in [9.17, 15) is 9.59 Å². The lowest BCUT2D eigenvalue weighted by atomic mass is 9.99. The van der Waals surface area contributed by atoms with E-state index in [1.807, 2.05) is 49.4 Å². The van der Waals surface area contributed by atoms with Crippen molar-refractivity contribution >= 4 is 29.0 Å². The molecule has 0 aliphatic rings. The minimum absolute atomic E-state index is 0.00871. The minimum Gasteiger partial charge on any atom is -0.481 e. The number of pyridine rings is 1. The fraction of sp³-hybridized carbons (Fsp3) is 0.240. The van der Waals surface area contributed by atoms with Crippen LogP contribution in [0, 0.1) is 0 Å². The van der Waals surface area contributed by atoms with Crippen LogP contribution in [0.2, 0.25) is 5.02 Å². The molecule has 1 amide bonds. The van der Waals surface area contributed by atoms with Gasteiger partial charge < -0.3 is 9.64 Å². The van der Waals surface area contributed by atoms with Gasteiger partial charge in [-0.25, -0.2) is 4.98 Å². The van der Waals surface area contributed by atoms with Gasteiger partial charge in [-0.1, -0.05) is 48.9 Å². The van der Waals surface area contributed by atoms with Crippen molar-refractivity contribution in [2.75, 3.05) is 19.1 Å². The van der Waals surface area contributed by atoms with Gasteiger partial charge in [-0.3, -0.25) is 9.59 Å². The van der Waals surface area contributed by atoms with E-state index in [2.05, 4.69) is 4.98 Å². The second-order valence-corrected chi connectivity index (χ2v) is 7.55. The summed E-state index contributed by atoms with van der Waals surface area (Å²) in [6.07, 6.45) is 2.99. The summed E-state index contributed by atoms with van der Waals surface area (Å²) in [5.41, 5.74) is 4.05. The lowest BCUT2D eigenvalue weighted by Crippen LogP contribution is -2.24. The third kappa shape index (κ3) is 5.30. The maximum Gasteiger partial charge on any atom is 0.226 e. The maximum absolute atomic E-state index is 12.7. The molecular weight excluding hydrogens is 412 g/mol. The quantitative estimate of drug-likeness (QED) is 0.431. The summed E-state index contributed by atoms with van der Waals surface area (Å²) in [5, 5.41) is 0.510. The summed E-state index contributed by atoms with van der Waals surface area (Å²) in [6, 6.07) is 16.7. The Morgan fingerprint density at radius 1 is 1.10 bits per heavy atom. The first-order valence-electron chi connectivity index (χ1n) is 10.1. The van der Waals surface area contributed by atoms with Gasteiger partial charge in [0.15, 0.2) is 5.78 Å². The fourth-order valence-electron chi connectivity index (χ4n) is 3.36. The van der Waals surface area contributed by atoms with Crippen molar-refractivity contribution in [1.82, 2.24) is 4.98 Å². The molecule has 0 N–H and O–H groups in total. The van der Waals surface area contributed by atoms with Crippen LogP contribution in [0.25, 0.3) is 11.1 Å². The fourth-order valence-corrected chi connectivity index (χ4v) is 3.65. The SMILES string of the molecule is CCC(=O)N(C)c1ccc(-c2ccc(C(=O)CCc3cccnc3OC)cc2Cl)cc1. The summed E-state index contributed by atoms with van der Waals surface area (Å²) in [6.45, 7) is 1.84. The van der Waals surface area contributed by atoms with Crippen LogP contribution in [-0.4, -0.2) is 30.8 Å². The van der Waals surface area contributed by atoms with Crippen molar-refractivity contribution in [3.05, 3.63) is 76.9 Å². The number of carbonyl (C=O) groups is 2. The number of amides is 1. The average Bonchev–Trinajstić information content (AvgIpc) is 2.81. The van der Waals surface area contributed by atoms with Crippen LogP contribution in [0.4, 0.5) is 5.69 Å². The molecule has 0 fully saturated rings. The lowest BCUT2D eigenvalue weighted by Gasteiger charge is -2.17. The molecule has 0 atom stereocenters. The van der Waals surface area contributed by atoms with Gasteiger partial charge in [-0.05, 0) is 36.2 Å². The second kappa shape index (κ2) is 10.2. The largest absolute Gasteiger partial charge is 0.481 e. The Hall–Kier alpha value is -3.18. The van der Waals surface area contributed by atoms with E-state index in [1.165, 1.54) is 0 Å². The topological polar surface area (TPSA) is 59.5 Å². The molecule has 0 aliphatic heterocycles. The maximum atomic E-state index is 12.7. The Morgan fingerprint density at radius 3 is 2.48 bits per heavy atom. The van der Waals surface area contributed by atoms with Gasteiger partial charge in [0.05, 0.1) is 7.11 Å². The monoisotopic (exact) mass is 436 g/mol. The highest BCUT2D eigenvalue weighted by Crippen LogP contribution is 2.31. The molecule has 5 nitrogen and oxygen atoms in total. The summed E-state index contributed by atoms with van der Waals surface area (Å²) in [7, 11) is 3.33. The number of rotatable bonds is 8. The zero-order valence-corrected chi connectivity index (χ0v) is 18.6. The first kappa shape index (κ1) is 22.5. The van der Waals surface area contributed by atoms with E-state index in [-0.39, 0.29) is 11.7 Å². The third-order valence-corrected chi connectivity index (χ3v) is 5.51. The number of anilines is 1. The van der Waals surface area contributed by atoms with Crippen LogP contribution >= 0.6 is 11.6 Å². The van der Waals surface area contributed by atoms with Crippen LogP contribution < -0.4 is 9.64 Å². The number of carbonyl (C=O) groups excluding carboxylic acids is 2. The first-order valence-corrected chi connectivity index (χ1v) is 10.5. The smallest absolute Gasteiger partial charge is 0.226 e. The molecule has 0 radical (unpaired) electrons. The molecular formula is C25H25ClN2O3. The summed E-state index contributed by atoms with van der Waals surface area (Å²) in [5.74, 6) is 0.602. The van der Waals surface area contributed by atoms with E-state index in [4.69, 9.17) is 16.3 Å².